The summed E-state index contributed by atoms with van der Waals surface area (Å²) in [7, 11) is 0. The lowest BCUT2D eigenvalue weighted by molar-refractivity contribution is 0.0432. The molecule has 0 radical (unpaired) electrons. The Balaban J connectivity index is 1.54. The van der Waals surface area contributed by atoms with Crippen LogP contribution in [0.1, 0.15) is 32.6 Å². The van der Waals surface area contributed by atoms with Gasteiger partial charge in [-0.1, -0.05) is 0 Å². The third-order valence-electron chi connectivity index (χ3n) is 3.38. The van der Waals surface area contributed by atoms with Crippen LogP contribution >= 0.6 is 0 Å². The van der Waals surface area contributed by atoms with Crippen LogP contribution in [-0.2, 0) is 9.47 Å². The Morgan fingerprint density at radius 3 is 2.80 bits per heavy atom. The molecule has 3 unspecified atom stereocenters. The van der Waals surface area contributed by atoms with Gasteiger partial charge in [-0.05, 0) is 38.5 Å². The predicted molar refractivity (Wildman–Crippen MR) is 60.0 cm³/mol. The van der Waals surface area contributed by atoms with Crippen LogP contribution in [0.15, 0.2) is 0 Å². The summed E-state index contributed by atoms with van der Waals surface area (Å²) < 4.78 is 11.2. The maximum absolute atomic E-state index is 5.76. The van der Waals surface area contributed by atoms with Gasteiger partial charge in [0, 0.05) is 19.7 Å². The van der Waals surface area contributed by atoms with Crippen molar-refractivity contribution in [1.82, 2.24) is 5.32 Å². The fourth-order valence-electron chi connectivity index (χ4n) is 2.45. The Labute approximate surface area is 92.5 Å². The van der Waals surface area contributed by atoms with E-state index in [9.17, 15) is 0 Å². The molecule has 3 atom stereocenters. The normalized spacial score (nSPS) is 37.0. The van der Waals surface area contributed by atoms with Crippen molar-refractivity contribution < 1.29 is 9.47 Å². The van der Waals surface area contributed by atoms with E-state index in [1.54, 1.807) is 0 Å². The molecule has 0 aromatic rings. The first-order chi connectivity index (χ1) is 7.34. The van der Waals surface area contributed by atoms with Crippen LogP contribution in [0, 0.1) is 5.92 Å². The van der Waals surface area contributed by atoms with Gasteiger partial charge in [-0.3, -0.25) is 0 Å². The van der Waals surface area contributed by atoms with Crippen LogP contribution < -0.4 is 5.32 Å². The van der Waals surface area contributed by atoms with Crippen molar-refractivity contribution in [2.24, 2.45) is 5.92 Å². The van der Waals surface area contributed by atoms with Crippen LogP contribution in [0.2, 0.25) is 0 Å². The van der Waals surface area contributed by atoms with Gasteiger partial charge in [0.15, 0.2) is 0 Å². The van der Waals surface area contributed by atoms with E-state index in [4.69, 9.17) is 9.47 Å². The number of ether oxygens (including phenoxy) is 2. The zero-order valence-electron chi connectivity index (χ0n) is 9.71. The van der Waals surface area contributed by atoms with Crippen molar-refractivity contribution >= 4 is 0 Å². The van der Waals surface area contributed by atoms with Gasteiger partial charge in [0.25, 0.3) is 0 Å². The third-order valence-corrected chi connectivity index (χ3v) is 3.38. The van der Waals surface area contributed by atoms with E-state index in [-0.39, 0.29) is 0 Å². The highest BCUT2D eigenvalue weighted by Gasteiger charge is 2.21. The molecule has 0 aromatic heterocycles. The molecular formula is C12H23NO2. The third kappa shape index (κ3) is 3.74. The average Bonchev–Trinajstić information content (AvgIpc) is 2.66. The Bertz CT molecular complexity index is 176. The minimum absolute atomic E-state index is 0.449. The molecule has 1 N–H and O–H groups in total. The largest absolute Gasteiger partial charge is 0.381 e. The number of hydrogen-bond donors (Lipinski definition) is 1. The monoisotopic (exact) mass is 213 g/mol. The molecule has 2 aliphatic heterocycles. The van der Waals surface area contributed by atoms with Crippen LogP contribution in [0.5, 0.6) is 0 Å². The van der Waals surface area contributed by atoms with Gasteiger partial charge in [0.1, 0.15) is 0 Å². The Morgan fingerprint density at radius 1 is 1.20 bits per heavy atom. The molecule has 2 aliphatic rings. The van der Waals surface area contributed by atoms with Gasteiger partial charge in [-0.2, -0.15) is 0 Å². The van der Waals surface area contributed by atoms with E-state index < -0.39 is 0 Å². The lowest BCUT2D eigenvalue weighted by Crippen LogP contribution is -2.34. The minimum Gasteiger partial charge on any atom is -0.381 e. The standard InChI is InChI=1S/C12H23NO2/c1-10-4-5-12(15-10)8-13-7-11-3-2-6-14-9-11/h10-13H,2-9H2,1H3. The quantitative estimate of drug-likeness (QED) is 0.769. The second-order valence-electron chi connectivity index (χ2n) is 4.89. The minimum atomic E-state index is 0.449. The predicted octanol–water partition coefficient (Wildman–Crippen LogP) is 1.57. The Hall–Kier alpha value is -0.120. The number of rotatable bonds is 4. The van der Waals surface area contributed by atoms with Gasteiger partial charge in [0.05, 0.1) is 18.8 Å². The summed E-state index contributed by atoms with van der Waals surface area (Å²) in [5.41, 5.74) is 0. The highest BCUT2D eigenvalue weighted by atomic mass is 16.5. The molecule has 0 amide bonds. The maximum atomic E-state index is 5.76. The molecule has 2 heterocycles. The number of nitrogens with one attached hydrogen (secondary N) is 1. The molecule has 2 saturated heterocycles. The zero-order valence-corrected chi connectivity index (χ0v) is 9.71. The smallest absolute Gasteiger partial charge is 0.0704 e. The lowest BCUT2D eigenvalue weighted by atomic mass is 10.0. The van der Waals surface area contributed by atoms with E-state index in [1.807, 2.05) is 0 Å². The Morgan fingerprint density at radius 2 is 2.13 bits per heavy atom. The summed E-state index contributed by atoms with van der Waals surface area (Å²) in [6.45, 7) is 6.17. The van der Waals surface area contributed by atoms with E-state index in [0.29, 0.717) is 12.2 Å². The first kappa shape index (κ1) is 11.4. The molecule has 0 aliphatic carbocycles. The first-order valence-electron chi connectivity index (χ1n) is 6.28. The van der Waals surface area contributed by atoms with Crippen molar-refractivity contribution in [3.63, 3.8) is 0 Å². The fraction of sp³-hybridized carbons (Fsp3) is 1.00. The van der Waals surface area contributed by atoms with Gasteiger partial charge in [0.2, 0.25) is 0 Å². The van der Waals surface area contributed by atoms with Crippen LogP contribution in [0.25, 0.3) is 0 Å². The van der Waals surface area contributed by atoms with Crippen LogP contribution in [0.3, 0.4) is 0 Å². The van der Waals surface area contributed by atoms with Crippen molar-refractivity contribution in [2.45, 2.75) is 44.8 Å². The van der Waals surface area contributed by atoms with Crippen LogP contribution in [-0.4, -0.2) is 38.5 Å². The van der Waals surface area contributed by atoms with Crippen molar-refractivity contribution in [3.8, 4) is 0 Å². The van der Waals surface area contributed by atoms with Crippen molar-refractivity contribution in [3.05, 3.63) is 0 Å². The molecule has 3 heteroatoms. The summed E-state index contributed by atoms with van der Waals surface area (Å²) in [6, 6.07) is 0. The average molecular weight is 213 g/mol. The number of hydrogen-bond acceptors (Lipinski definition) is 3. The zero-order chi connectivity index (χ0) is 10.5. The van der Waals surface area contributed by atoms with E-state index in [1.165, 1.54) is 25.7 Å². The summed E-state index contributed by atoms with van der Waals surface area (Å²) in [4.78, 5) is 0. The highest BCUT2D eigenvalue weighted by molar-refractivity contribution is 4.74. The summed E-state index contributed by atoms with van der Waals surface area (Å²) in [5.74, 6) is 0.720. The molecule has 0 bridgehead atoms. The van der Waals surface area contributed by atoms with Gasteiger partial charge in [-0.15, -0.1) is 0 Å². The van der Waals surface area contributed by atoms with Gasteiger partial charge < -0.3 is 14.8 Å². The molecular weight excluding hydrogens is 190 g/mol. The molecule has 0 saturated carbocycles. The first-order valence-corrected chi connectivity index (χ1v) is 6.28. The molecule has 0 spiro atoms. The van der Waals surface area contributed by atoms with E-state index in [0.717, 1.165) is 32.2 Å². The molecule has 2 fully saturated rings. The SMILES string of the molecule is CC1CCC(CNCC2CCCOC2)O1. The van der Waals surface area contributed by atoms with Gasteiger partial charge in [-0.25, -0.2) is 0 Å². The summed E-state index contributed by atoms with van der Waals surface area (Å²) in [6.07, 6.45) is 5.89. The van der Waals surface area contributed by atoms with Gasteiger partial charge >= 0.3 is 0 Å². The van der Waals surface area contributed by atoms with Crippen molar-refractivity contribution in [1.29, 1.82) is 0 Å². The molecule has 2 rings (SSSR count). The molecule has 3 nitrogen and oxygen atoms in total. The second-order valence-corrected chi connectivity index (χ2v) is 4.89. The Kier molecular flexibility index (Phi) is 4.42. The lowest BCUT2D eigenvalue weighted by Gasteiger charge is -2.23. The highest BCUT2D eigenvalue weighted by Crippen LogP contribution is 2.18. The van der Waals surface area contributed by atoms with E-state index in [2.05, 4.69) is 12.2 Å². The molecule has 88 valence electrons. The summed E-state index contributed by atoms with van der Waals surface area (Å²) >= 11 is 0. The molecule has 0 aromatic carbocycles. The van der Waals surface area contributed by atoms with E-state index >= 15 is 0 Å². The van der Waals surface area contributed by atoms with Crippen LogP contribution in [0.4, 0.5) is 0 Å². The molecule has 15 heavy (non-hydrogen) atoms. The fourth-order valence-corrected chi connectivity index (χ4v) is 2.45. The maximum Gasteiger partial charge on any atom is 0.0704 e. The summed E-state index contributed by atoms with van der Waals surface area (Å²) in [5, 5.41) is 3.51. The second kappa shape index (κ2) is 5.83. The van der Waals surface area contributed by atoms with Crippen molar-refractivity contribution in [2.75, 3.05) is 26.3 Å². The topological polar surface area (TPSA) is 30.5 Å².